The molecule has 0 fully saturated rings. The van der Waals surface area contributed by atoms with Crippen LogP contribution in [0.3, 0.4) is 0 Å². The van der Waals surface area contributed by atoms with Crippen molar-refractivity contribution in [3.63, 3.8) is 0 Å². The van der Waals surface area contributed by atoms with Crippen molar-refractivity contribution >= 4 is 11.6 Å². The van der Waals surface area contributed by atoms with Gasteiger partial charge in [-0.2, -0.15) is 13.2 Å². The van der Waals surface area contributed by atoms with Crippen molar-refractivity contribution in [1.29, 1.82) is 0 Å². The predicted octanol–water partition coefficient (Wildman–Crippen LogP) is 4.29. The standard InChI is InChI=1S/C19H19F3N2O5/c1-4-29-17-9-14(15(24(26)27)10-16(17)28-3)18(25)23(2)11-12-6-5-7-13(8-12)19(20,21)22/h5-10H,4,11H2,1-3H3. The lowest BCUT2D eigenvalue weighted by molar-refractivity contribution is -0.385. The first-order valence-corrected chi connectivity index (χ1v) is 8.49. The van der Waals surface area contributed by atoms with Gasteiger partial charge in [-0.3, -0.25) is 14.9 Å². The van der Waals surface area contributed by atoms with Gasteiger partial charge in [0.05, 0.1) is 30.3 Å². The summed E-state index contributed by atoms with van der Waals surface area (Å²) in [5.41, 5.74) is -1.36. The van der Waals surface area contributed by atoms with Crippen LogP contribution < -0.4 is 9.47 Å². The van der Waals surface area contributed by atoms with Crippen molar-refractivity contribution in [3.8, 4) is 11.5 Å². The van der Waals surface area contributed by atoms with Crippen LogP contribution in [0, 0.1) is 10.1 Å². The van der Waals surface area contributed by atoms with Gasteiger partial charge < -0.3 is 14.4 Å². The minimum Gasteiger partial charge on any atom is -0.493 e. The van der Waals surface area contributed by atoms with E-state index >= 15 is 0 Å². The largest absolute Gasteiger partial charge is 0.493 e. The molecule has 0 radical (unpaired) electrons. The summed E-state index contributed by atoms with van der Waals surface area (Å²) in [5.74, 6) is -0.496. The Bertz CT molecular complexity index is 915. The Hall–Kier alpha value is -3.30. The number of nitro benzene ring substituents is 1. The molecule has 0 aromatic heterocycles. The molecule has 0 saturated carbocycles. The van der Waals surface area contributed by atoms with E-state index in [-0.39, 0.29) is 35.8 Å². The van der Waals surface area contributed by atoms with Crippen LogP contribution in [0.15, 0.2) is 36.4 Å². The molecular formula is C19H19F3N2O5. The highest BCUT2D eigenvalue weighted by Gasteiger charge is 2.31. The van der Waals surface area contributed by atoms with Gasteiger partial charge in [-0.1, -0.05) is 12.1 Å². The number of methoxy groups -OCH3 is 1. The van der Waals surface area contributed by atoms with Crippen molar-refractivity contribution in [1.82, 2.24) is 4.90 Å². The summed E-state index contributed by atoms with van der Waals surface area (Å²) < 4.78 is 49.1. The second-order valence-corrected chi connectivity index (χ2v) is 6.07. The van der Waals surface area contributed by atoms with Gasteiger partial charge in [0.15, 0.2) is 11.5 Å². The number of carbonyl (C=O) groups excluding carboxylic acids is 1. The van der Waals surface area contributed by atoms with Gasteiger partial charge >= 0.3 is 6.18 Å². The lowest BCUT2D eigenvalue weighted by atomic mass is 10.1. The second kappa shape index (κ2) is 8.80. The van der Waals surface area contributed by atoms with E-state index in [9.17, 15) is 28.1 Å². The highest BCUT2D eigenvalue weighted by atomic mass is 19.4. The topological polar surface area (TPSA) is 81.9 Å². The number of benzene rings is 2. The smallest absolute Gasteiger partial charge is 0.416 e. The van der Waals surface area contributed by atoms with Crippen LogP contribution in [-0.4, -0.2) is 36.5 Å². The van der Waals surface area contributed by atoms with Crippen molar-refractivity contribution in [2.24, 2.45) is 0 Å². The third-order valence-electron chi connectivity index (χ3n) is 4.03. The first-order valence-electron chi connectivity index (χ1n) is 8.49. The molecule has 0 atom stereocenters. The van der Waals surface area contributed by atoms with E-state index in [1.807, 2.05) is 0 Å². The summed E-state index contributed by atoms with van der Waals surface area (Å²) >= 11 is 0. The fraction of sp³-hybridized carbons (Fsp3) is 0.316. The van der Waals surface area contributed by atoms with E-state index in [1.165, 1.54) is 32.4 Å². The van der Waals surface area contributed by atoms with Crippen molar-refractivity contribution < 1.29 is 32.4 Å². The number of nitrogens with zero attached hydrogens (tertiary/aromatic N) is 2. The van der Waals surface area contributed by atoms with Gasteiger partial charge in [-0.15, -0.1) is 0 Å². The van der Waals surface area contributed by atoms with E-state index in [4.69, 9.17) is 9.47 Å². The fourth-order valence-electron chi connectivity index (χ4n) is 2.70. The highest BCUT2D eigenvalue weighted by Crippen LogP contribution is 2.35. The third kappa shape index (κ3) is 5.15. The fourth-order valence-corrected chi connectivity index (χ4v) is 2.70. The monoisotopic (exact) mass is 412 g/mol. The first kappa shape index (κ1) is 22.0. The van der Waals surface area contributed by atoms with Gasteiger partial charge in [0.2, 0.25) is 0 Å². The maximum atomic E-state index is 12.9. The van der Waals surface area contributed by atoms with Gasteiger partial charge in [0.1, 0.15) is 5.56 Å². The molecule has 2 aromatic carbocycles. The van der Waals surface area contributed by atoms with E-state index in [0.29, 0.717) is 0 Å². The molecule has 0 unspecified atom stereocenters. The number of ether oxygens (including phenoxy) is 2. The molecule has 0 heterocycles. The summed E-state index contributed by atoms with van der Waals surface area (Å²) in [7, 11) is 2.65. The molecule has 0 aliphatic rings. The molecule has 10 heteroatoms. The van der Waals surface area contributed by atoms with Gasteiger partial charge in [0.25, 0.3) is 11.6 Å². The van der Waals surface area contributed by atoms with Gasteiger partial charge in [0, 0.05) is 19.7 Å². The Morgan fingerprint density at radius 2 is 1.90 bits per heavy atom. The Morgan fingerprint density at radius 1 is 1.21 bits per heavy atom. The van der Waals surface area contributed by atoms with Crippen LogP contribution in [0.4, 0.5) is 18.9 Å². The number of nitro groups is 1. The Balaban J connectivity index is 2.38. The summed E-state index contributed by atoms with van der Waals surface area (Å²) in [6.07, 6.45) is -4.51. The van der Waals surface area contributed by atoms with Gasteiger partial charge in [-0.05, 0) is 24.6 Å². The average Bonchev–Trinajstić information content (AvgIpc) is 2.66. The normalized spacial score (nSPS) is 11.1. The van der Waals surface area contributed by atoms with Gasteiger partial charge in [-0.25, -0.2) is 0 Å². The summed E-state index contributed by atoms with van der Waals surface area (Å²) in [6.45, 7) is 1.76. The summed E-state index contributed by atoms with van der Waals surface area (Å²) in [5, 5.41) is 11.4. The van der Waals surface area contributed by atoms with Crippen LogP contribution in [0.1, 0.15) is 28.4 Å². The maximum absolute atomic E-state index is 12.9. The molecule has 0 bridgehead atoms. The quantitative estimate of drug-likeness (QED) is 0.500. The number of amides is 1. The highest BCUT2D eigenvalue weighted by molar-refractivity contribution is 5.99. The van der Waals surface area contributed by atoms with E-state index in [0.717, 1.165) is 23.1 Å². The van der Waals surface area contributed by atoms with Crippen molar-refractivity contribution in [2.75, 3.05) is 20.8 Å². The molecule has 29 heavy (non-hydrogen) atoms. The van der Waals surface area contributed by atoms with E-state index in [2.05, 4.69) is 0 Å². The van der Waals surface area contributed by atoms with E-state index < -0.39 is 28.3 Å². The number of hydrogen-bond donors (Lipinski definition) is 0. The van der Waals surface area contributed by atoms with Crippen LogP contribution >= 0.6 is 0 Å². The second-order valence-electron chi connectivity index (χ2n) is 6.07. The van der Waals surface area contributed by atoms with Crippen LogP contribution in [0.5, 0.6) is 11.5 Å². The van der Waals surface area contributed by atoms with Crippen LogP contribution in [0.25, 0.3) is 0 Å². The predicted molar refractivity (Wildman–Crippen MR) is 98.1 cm³/mol. The maximum Gasteiger partial charge on any atom is 0.416 e. The lowest BCUT2D eigenvalue weighted by Crippen LogP contribution is -2.27. The van der Waals surface area contributed by atoms with Crippen LogP contribution in [0.2, 0.25) is 0 Å². The molecule has 0 saturated heterocycles. The zero-order chi connectivity index (χ0) is 21.8. The summed E-state index contributed by atoms with van der Waals surface area (Å²) in [6, 6.07) is 6.81. The number of alkyl halides is 3. The van der Waals surface area contributed by atoms with Crippen LogP contribution in [-0.2, 0) is 12.7 Å². The molecular weight excluding hydrogens is 393 g/mol. The third-order valence-corrected chi connectivity index (χ3v) is 4.03. The SMILES string of the molecule is CCOc1cc(C(=O)N(C)Cc2cccc(C(F)(F)F)c2)c([N+](=O)[O-])cc1OC. The first-order chi connectivity index (χ1) is 13.6. The molecule has 0 spiro atoms. The molecule has 2 rings (SSSR count). The zero-order valence-corrected chi connectivity index (χ0v) is 15.9. The molecule has 156 valence electrons. The number of halogens is 3. The molecule has 2 aromatic rings. The molecule has 0 aliphatic heterocycles. The molecule has 0 aliphatic carbocycles. The van der Waals surface area contributed by atoms with Crippen molar-refractivity contribution in [3.05, 3.63) is 63.2 Å². The van der Waals surface area contributed by atoms with E-state index in [1.54, 1.807) is 6.92 Å². The minimum absolute atomic E-state index is 0.0932. The Morgan fingerprint density at radius 3 is 2.45 bits per heavy atom. The lowest BCUT2D eigenvalue weighted by Gasteiger charge is -2.19. The number of carbonyl (C=O) groups is 1. The average molecular weight is 412 g/mol. The number of hydrogen-bond acceptors (Lipinski definition) is 5. The molecule has 1 amide bonds. The zero-order valence-electron chi connectivity index (χ0n) is 15.9. The molecule has 7 nitrogen and oxygen atoms in total. The number of rotatable bonds is 7. The molecule has 0 N–H and O–H groups in total. The summed E-state index contributed by atoms with van der Waals surface area (Å²) in [4.78, 5) is 24.6. The Labute approximate surface area is 164 Å². The minimum atomic E-state index is -4.51. The van der Waals surface area contributed by atoms with Crippen molar-refractivity contribution in [2.45, 2.75) is 19.6 Å². The Kier molecular flexibility index (Phi) is 6.68.